The maximum atomic E-state index is 11.5. The summed E-state index contributed by atoms with van der Waals surface area (Å²) < 4.78 is 0. The van der Waals surface area contributed by atoms with Crippen LogP contribution in [0.4, 0.5) is 5.69 Å². The summed E-state index contributed by atoms with van der Waals surface area (Å²) in [5, 5.41) is 20.1. The van der Waals surface area contributed by atoms with Gasteiger partial charge in [0.25, 0.3) is 0 Å². The highest BCUT2D eigenvalue weighted by Gasteiger charge is 2.06. The molecule has 92 valence electrons. The van der Waals surface area contributed by atoms with E-state index < -0.39 is 5.97 Å². The quantitative estimate of drug-likeness (QED) is 0.697. The molecule has 0 atom stereocenters. The van der Waals surface area contributed by atoms with Crippen LogP contribution in [0.1, 0.15) is 24.8 Å². The maximum absolute atomic E-state index is 11.5. The first kappa shape index (κ1) is 13.2. The number of amides is 1. The second-order valence-electron chi connectivity index (χ2n) is 3.61. The van der Waals surface area contributed by atoms with Gasteiger partial charge in [0, 0.05) is 24.1 Å². The van der Waals surface area contributed by atoms with Crippen molar-refractivity contribution >= 4 is 17.6 Å². The first-order valence-electron chi connectivity index (χ1n) is 5.34. The van der Waals surface area contributed by atoms with E-state index in [1.807, 2.05) is 0 Å². The molecule has 0 aromatic heterocycles. The van der Waals surface area contributed by atoms with Gasteiger partial charge in [-0.2, -0.15) is 0 Å². The van der Waals surface area contributed by atoms with Gasteiger partial charge >= 0.3 is 5.97 Å². The molecule has 0 fully saturated rings. The fourth-order valence-corrected chi connectivity index (χ4v) is 1.39. The molecular weight excluding hydrogens is 222 g/mol. The maximum Gasteiger partial charge on any atom is 0.303 e. The summed E-state index contributed by atoms with van der Waals surface area (Å²) in [6.07, 6.45) is 0.448. The van der Waals surface area contributed by atoms with E-state index in [0.29, 0.717) is 17.7 Å². The van der Waals surface area contributed by atoms with Gasteiger partial charge in [-0.15, -0.1) is 0 Å². The van der Waals surface area contributed by atoms with Crippen molar-refractivity contribution in [1.29, 1.82) is 0 Å². The molecule has 0 aliphatic rings. The average Bonchev–Trinajstić information content (AvgIpc) is 2.29. The number of rotatable bonds is 6. The molecule has 0 aliphatic heterocycles. The smallest absolute Gasteiger partial charge is 0.303 e. The number of benzene rings is 1. The van der Waals surface area contributed by atoms with Gasteiger partial charge < -0.3 is 15.5 Å². The average molecular weight is 237 g/mol. The number of carboxylic acid groups (broad SMARTS) is 1. The standard InChI is InChI=1S/C12H15NO4/c14-8-9-4-1-2-5-10(9)13-11(15)6-3-7-12(16)17/h1-2,4-5,14H,3,6-8H2,(H,13,15)(H,16,17). The van der Waals surface area contributed by atoms with Crippen LogP contribution >= 0.6 is 0 Å². The van der Waals surface area contributed by atoms with Crippen LogP contribution in [-0.4, -0.2) is 22.1 Å². The molecule has 0 saturated heterocycles. The van der Waals surface area contributed by atoms with E-state index in [2.05, 4.69) is 5.32 Å². The zero-order chi connectivity index (χ0) is 12.7. The third-order valence-corrected chi connectivity index (χ3v) is 2.26. The number of anilines is 1. The zero-order valence-corrected chi connectivity index (χ0v) is 9.35. The molecule has 3 N–H and O–H groups in total. The SMILES string of the molecule is O=C(O)CCCC(=O)Nc1ccccc1CO. The first-order valence-corrected chi connectivity index (χ1v) is 5.34. The Morgan fingerprint density at radius 2 is 1.88 bits per heavy atom. The van der Waals surface area contributed by atoms with Crippen molar-refractivity contribution in [2.45, 2.75) is 25.9 Å². The molecule has 1 aromatic rings. The molecule has 5 heteroatoms. The Morgan fingerprint density at radius 1 is 1.18 bits per heavy atom. The van der Waals surface area contributed by atoms with Crippen LogP contribution in [0.25, 0.3) is 0 Å². The highest BCUT2D eigenvalue weighted by Crippen LogP contribution is 2.15. The van der Waals surface area contributed by atoms with Crippen LogP contribution in [0.5, 0.6) is 0 Å². The highest BCUT2D eigenvalue weighted by atomic mass is 16.4. The molecule has 1 amide bonds. The summed E-state index contributed by atoms with van der Waals surface area (Å²) in [7, 11) is 0. The van der Waals surface area contributed by atoms with Gasteiger partial charge in [-0.05, 0) is 12.5 Å². The summed E-state index contributed by atoms with van der Waals surface area (Å²) >= 11 is 0. The van der Waals surface area contributed by atoms with E-state index >= 15 is 0 Å². The van der Waals surface area contributed by atoms with Crippen molar-refractivity contribution in [3.8, 4) is 0 Å². The minimum atomic E-state index is -0.909. The molecule has 0 bridgehead atoms. The minimum absolute atomic E-state index is 0.0188. The molecule has 0 heterocycles. The fraction of sp³-hybridized carbons (Fsp3) is 0.333. The number of hydrogen-bond acceptors (Lipinski definition) is 3. The zero-order valence-electron chi connectivity index (χ0n) is 9.35. The van der Waals surface area contributed by atoms with Crippen molar-refractivity contribution in [1.82, 2.24) is 0 Å². The number of aliphatic carboxylic acids is 1. The number of aliphatic hydroxyl groups is 1. The summed E-state index contributed by atoms with van der Waals surface area (Å²) in [5.41, 5.74) is 1.20. The molecule has 0 radical (unpaired) electrons. The van der Waals surface area contributed by atoms with Gasteiger partial charge in [0.05, 0.1) is 6.61 Å². The van der Waals surface area contributed by atoms with Crippen molar-refractivity contribution < 1.29 is 19.8 Å². The predicted molar refractivity (Wildman–Crippen MR) is 62.5 cm³/mol. The molecular formula is C12H15NO4. The number of aliphatic hydroxyl groups excluding tert-OH is 1. The van der Waals surface area contributed by atoms with Crippen LogP contribution in [0, 0.1) is 0 Å². The highest BCUT2D eigenvalue weighted by molar-refractivity contribution is 5.91. The van der Waals surface area contributed by atoms with Gasteiger partial charge in [-0.1, -0.05) is 18.2 Å². The largest absolute Gasteiger partial charge is 0.481 e. The van der Waals surface area contributed by atoms with Crippen molar-refractivity contribution in [2.75, 3.05) is 5.32 Å². The van der Waals surface area contributed by atoms with Crippen LogP contribution < -0.4 is 5.32 Å². The lowest BCUT2D eigenvalue weighted by Gasteiger charge is -2.08. The topological polar surface area (TPSA) is 86.6 Å². The molecule has 0 saturated carbocycles. The van der Waals surface area contributed by atoms with Gasteiger partial charge in [-0.25, -0.2) is 0 Å². The Bertz CT molecular complexity index is 403. The lowest BCUT2D eigenvalue weighted by Crippen LogP contribution is -2.13. The Hall–Kier alpha value is -1.88. The van der Waals surface area contributed by atoms with E-state index in [0.717, 1.165) is 0 Å². The minimum Gasteiger partial charge on any atom is -0.481 e. The van der Waals surface area contributed by atoms with Gasteiger partial charge in [0.15, 0.2) is 0 Å². The molecule has 17 heavy (non-hydrogen) atoms. The fourth-order valence-electron chi connectivity index (χ4n) is 1.39. The monoisotopic (exact) mass is 237 g/mol. The molecule has 0 spiro atoms. The number of para-hydroxylation sites is 1. The third-order valence-electron chi connectivity index (χ3n) is 2.26. The second-order valence-corrected chi connectivity index (χ2v) is 3.61. The molecule has 1 rings (SSSR count). The van der Waals surface area contributed by atoms with E-state index in [9.17, 15) is 9.59 Å². The summed E-state index contributed by atoms with van der Waals surface area (Å²) in [4.78, 5) is 21.8. The summed E-state index contributed by atoms with van der Waals surface area (Å²) in [6.45, 7) is -0.147. The molecule has 1 aromatic carbocycles. The Kier molecular flexibility index (Phi) is 5.16. The third kappa shape index (κ3) is 4.65. The Morgan fingerprint density at radius 3 is 2.53 bits per heavy atom. The van der Waals surface area contributed by atoms with Crippen LogP contribution in [0.3, 0.4) is 0 Å². The van der Waals surface area contributed by atoms with Crippen molar-refractivity contribution in [3.63, 3.8) is 0 Å². The molecule has 5 nitrogen and oxygen atoms in total. The number of carboxylic acids is 1. The lowest BCUT2D eigenvalue weighted by molar-refractivity contribution is -0.137. The van der Waals surface area contributed by atoms with E-state index in [4.69, 9.17) is 10.2 Å². The number of carbonyl (C=O) groups is 2. The second kappa shape index (κ2) is 6.65. The summed E-state index contributed by atoms with van der Waals surface area (Å²) in [5.74, 6) is -1.15. The van der Waals surface area contributed by atoms with Crippen LogP contribution in [0.15, 0.2) is 24.3 Å². The predicted octanol–water partition coefficient (Wildman–Crippen LogP) is 1.37. The van der Waals surface area contributed by atoms with Crippen LogP contribution in [0.2, 0.25) is 0 Å². The van der Waals surface area contributed by atoms with Crippen molar-refractivity contribution in [3.05, 3.63) is 29.8 Å². The molecule has 0 unspecified atom stereocenters. The van der Waals surface area contributed by atoms with Gasteiger partial charge in [0.1, 0.15) is 0 Å². The van der Waals surface area contributed by atoms with E-state index in [-0.39, 0.29) is 25.4 Å². The number of nitrogens with one attached hydrogen (secondary N) is 1. The normalized spacial score (nSPS) is 9.94. The number of carbonyl (C=O) groups excluding carboxylic acids is 1. The Balaban J connectivity index is 2.47. The Labute approximate surface area is 99.1 Å². The first-order chi connectivity index (χ1) is 8.13. The van der Waals surface area contributed by atoms with Crippen LogP contribution in [-0.2, 0) is 16.2 Å². The van der Waals surface area contributed by atoms with Gasteiger partial charge in [0.2, 0.25) is 5.91 Å². The lowest BCUT2D eigenvalue weighted by atomic mass is 10.1. The van der Waals surface area contributed by atoms with E-state index in [1.54, 1.807) is 24.3 Å². The van der Waals surface area contributed by atoms with E-state index in [1.165, 1.54) is 0 Å². The number of hydrogen-bond donors (Lipinski definition) is 3. The van der Waals surface area contributed by atoms with Gasteiger partial charge in [-0.3, -0.25) is 9.59 Å². The van der Waals surface area contributed by atoms with Crippen molar-refractivity contribution in [2.24, 2.45) is 0 Å². The molecule has 0 aliphatic carbocycles. The summed E-state index contributed by atoms with van der Waals surface area (Å²) in [6, 6.07) is 6.94.